The first-order valence-corrected chi connectivity index (χ1v) is 9.16. The van der Waals surface area contributed by atoms with Crippen LogP contribution in [0.4, 0.5) is 0 Å². The molecule has 1 aliphatic carbocycles. The summed E-state index contributed by atoms with van der Waals surface area (Å²) >= 11 is 0. The van der Waals surface area contributed by atoms with Gasteiger partial charge in [-0.3, -0.25) is 4.98 Å². The van der Waals surface area contributed by atoms with E-state index < -0.39 is 0 Å². The number of nitrogens with zero attached hydrogens (tertiary/aromatic N) is 2. The molecule has 1 saturated heterocycles. The molecular formula is C21H24N4. The number of rotatable bonds is 1. The average molecular weight is 332 g/mol. The van der Waals surface area contributed by atoms with E-state index in [0.717, 1.165) is 35.4 Å². The molecule has 2 aromatic heterocycles. The number of fused-ring (bicyclic) bond motifs is 5. The Morgan fingerprint density at radius 2 is 2.08 bits per heavy atom. The summed E-state index contributed by atoms with van der Waals surface area (Å²) in [4.78, 5) is 12.6. The van der Waals surface area contributed by atoms with E-state index in [0.29, 0.717) is 6.04 Å². The third-order valence-electron chi connectivity index (χ3n) is 6.97. The quantitative estimate of drug-likeness (QED) is 0.712. The van der Waals surface area contributed by atoms with E-state index >= 15 is 0 Å². The first kappa shape index (κ1) is 15.1. The van der Waals surface area contributed by atoms with Crippen molar-refractivity contribution in [3.8, 4) is 11.4 Å². The van der Waals surface area contributed by atoms with E-state index in [1.165, 1.54) is 17.5 Å². The molecule has 2 aliphatic rings. The topological polar surface area (TPSA) is 53.6 Å². The van der Waals surface area contributed by atoms with Crippen LogP contribution in [0.5, 0.6) is 0 Å². The second-order valence-corrected chi connectivity index (χ2v) is 8.37. The third kappa shape index (κ3) is 1.97. The maximum atomic E-state index is 4.86. The van der Waals surface area contributed by atoms with Crippen LogP contribution in [0.25, 0.3) is 22.4 Å². The molecule has 1 aliphatic heterocycles. The van der Waals surface area contributed by atoms with E-state index in [-0.39, 0.29) is 10.8 Å². The Morgan fingerprint density at radius 3 is 2.88 bits per heavy atom. The Labute approximate surface area is 148 Å². The molecule has 4 nitrogen and oxygen atoms in total. The Balaban J connectivity index is 1.70. The molecule has 0 saturated carbocycles. The number of H-pyrrole nitrogens is 1. The second-order valence-electron chi connectivity index (χ2n) is 8.37. The minimum absolute atomic E-state index is 0.193. The van der Waals surface area contributed by atoms with E-state index in [1.54, 1.807) is 6.20 Å². The van der Waals surface area contributed by atoms with Gasteiger partial charge in [0.1, 0.15) is 5.82 Å². The standard InChI is InChI=1S/C21H24N4/c1-20(2)18-10-14-9-16-17(11-15(14)21(20,3)6-8-23-18)25-19(24-16)13-5-4-7-22-12-13/h4-5,7,9,11-12,18,23H,6,8,10H2,1-3H3,(H,24,25)/t18-,21-/m0/s1. The summed E-state index contributed by atoms with van der Waals surface area (Å²) in [6, 6.07) is 9.20. The van der Waals surface area contributed by atoms with Gasteiger partial charge in [0.25, 0.3) is 0 Å². The maximum Gasteiger partial charge on any atom is 0.140 e. The van der Waals surface area contributed by atoms with Crippen LogP contribution in [-0.4, -0.2) is 27.5 Å². The number of hydrogen-bond acceptors (Lipinski definition) is 3. The van der Waals surface area contributed by atoms with Crippen molar-refractivity contribution in [3.63, 3.8) is 0 Å². The zero-order chi connectivity index (χ0) is 17.2. The predicted octanol–water partition coefficient (Wildman–Crippen LogP) is 3.83. The summed E-state index contributed by atoms with van der Waals surface area (Å²) in [6.07, 6.45) is 5.92. The van der Waals surface area contributed by atoms with Gasteiger partial charge in [0.15, 0.2) is 0 Å². The SMILES string of the molecule is CC1(C)[C@@H]2Cc3cc4[nH]c(-c5cccnc5)nc4cc3[C@]1(C)CCN2. The normalized spacial score (nSPS) is 27.2. The summed E-state index contributed by atoms with van der Waals surface area (Å²) in [5, 5.41) is 3.75. The largest absolute Gasteiger partial charge is 0.338 e. The van der Waals surface area contributed by atoms with Gasteiger partial charge in [0.05, 0.1) is 11.0 Å². The molecule has 1 fully saturated rings. The molecule has 2 atom stereocenters. The number of nitrogens with one attached hydrogen (secondary N) is 2. The summed E-state index contributed by atoms with van der Waals surface area (Å²) in [5.74, 6) is 0.899. The van der Waals surface area contributed by atoms with Crippen molar-refractivity contribution in [2.75, 3.05) is 6.54 Å². The highest BCUT2D eigenvalue weighted by Gasteiger charge is 2.53. The van der Waals surface area contributed by atoms with E-state index in [9.17, 15) is 0 Å². The van der Waals surface area contributed by atoms with Gasteiger partial charge in [-0.2, -0.15) is 0 Å². The first-order valence-electron chi connectivity index (χ1n) is 9.16. The number of hydrogen-bond donors (Lipinski definition) is 2. The molecule has 3 heterocycles. The van der Waals surface area contributed by atoms with Crippen molar-refractivity contribution in [1.82, 2.24) is 20.3 Å². The number of aromatic nitrogens is 3. The lowest BCUT2D eigenvalue weighted by Crippen LogP contribution is -2.62. The Kier molecular flexibility index (Phi) is 2.97. The van der Waals surface area contributed by atoms with Crippen LogP contribution in [0.2, 0.25) is 0 Å². The highest BCUT2D eigenvalue weighted by molar-refractivity contribution is 5.81. The molecule has 2 bridgehead atoms. The van der Waals surface area contributed by atoms with Crippen LogP contribution in [0.15, 0.2) is 36.7 Å². The summed E-state index contributed by atoms with van der Waals surface area (Å²) in [7, 11) is 0. The van der Waals surface area contributed by atoms with Crippen molar-refractivity contribution in [2.45, 2.75) is 45.1 Å². The van der Waals surface area contributed by atoms with E-state index in [1.807, 2.05) is 18.3 Å². The Bertz CT molecular complexity index is 957. The second kappa shape index (κ2) is 4.92. The smallest absolute Gasteiger partial charge is 0.140 e. The number of aromatic amines is 1. The molecule has 2 N–H and O–H groups in total. The number of piperidine rings is 1. The van der Waals surface area contributed by atoms with Crippen molar-refractivity contribution < 1.29 is 0 Å². The molecule has 3 aromatic rings. The minimum atomic E-state index is 0.193. The van der Waals surface area contributed by atoms with Crippen LogP contribution in [-0.2, 0) is 11.8 Å². The minimum Gasteiger partial charge on any atom is -0.338 e. The third-order valence-corrected chi connectivity index (χ3v) is 6.97. The van der Waals surface area contributed by atoms with Crippen LogP contribution >= 0.6 is 0 Å². The fraction of sp³-hybridized carbons (Fsp3) is 0.429. The van der Waals surface area contributed by atoms with Crippen LogP contribution < -0.4 is 5.32 Å². The predicted molar refractivity (Wildman–Crippen MR) is 101 cm³/mol. The van der Waals surface area contributed by atoms with Gasteiger partial charge < -0.3 is 10.3 Å². The molecule has 25 heavy (non-hydrogen) atoms. The van der Waals surface area contributed by atoms with Gasteiger partial charge in [-0.25, -0.2) is 4.98 Å². The van der Waals surface area contributed by atoms with Crippen LogP contribution in [0.1, 0.15) is 38.3 Å². The monoisotopic (exact) mass is 332 g/mol. The lowest BCUT2D eigenvalue weighted by molar-refractivity contribution is 0.0561. The highest BCUT2D eigenvalue weighted by atomic mass is 15.0. The summed E-state index contributed by atoms with van der Waals surface area (Å²) < 4.78 is 0. The van der Waals surface area contributed by atoms with Gasteiger partial charge in [-0.1, -0.05) is 20.8 Å². The maximum absolute atomic E-state index is 4.86. The summed E-state index contributed by atoms with van der Waals surface area (Å²) in [6.45, 7) is 8.38. The Morgan fingerprint density at radius 1 is 1.20 bits per heavy atom. The molecule has 0 spiro atoms. The van der Waals surface area contributed by atoms with Gasteiger partial charge in [-0.05, 0) is 60.2 Å². The van der Waals surface area contributed by atoms with Gasteiger partial charge in [0.2, 0.25) is 0 Å². The van der Waals surface area contributed by atoms with E-state index in [2.05, 4.69) is 48.2 Å². The molecule has 5 rings (SSSR count). The molecule has 4 heteroatoms. The average Bonchev–Trinajstić information content (AvgIpc) is 3.01. The van der Waals surface area contributed by atoms with Crippen molar-refractivity contribution in [3.05, 3.63) is 47.8 Å². The van der Waals surface area contributed by atoms with Crippen LogP contribution in [0.3, 0.4) is 0 Å². The van der Waals surface area contributed by atoms with Crippen molar-refractivity contribution >= 4 is 11.0 Å². The van der Waals surface area contributed by atoms with Gasteiger partial charge in [-0.15, -0.1) is 0 Å². The number of pyridine rings is 1. The highest BCUT2D eigenvalue weighted by Crippen LogP contribution is 2.54. The lowest BCUT2D eigenvalue weighted by Gasteiger charge is -2.57. The molecule has 0 radical (unpaired) electrons. The lowest BCUT2D eigenvalue weighted by atomic mass is 9.51. The van der Waals surface area contributed by atoms with Gasteiger partial charge >= 0.3 is 0 Å². The molecule has 0 unspecified atom stereocenters. The first-order chi connectivity index (χ1) is 12.0. The Hall–Kier alpha value is -2.20. The van der Waals surface area contributed by atoms with E-state index in [4.69, 9.17) is 4.98 Å². The summed E-state index contributed by atoms with van der Waals surface area (Å²) in [5.41, 5.74) is 6.61. The molecule has 0 amide bonds. The fourth-order valence-corrected chi connectivity index (χ4v) is 4.91. The zero-order valence-electron chi connectivity index (χ0n) is 15.1. The molecule has 1 aromatic carbocycles. The van der Waals surface area contributed by atoms with Crippen molar-refractivity contribution in [2.24, 2.45) is 5.41 Å². The zero-order valence-corrected chi connectivity index (χ0v) is 15.1. The fourth-order valence-electron chi connectivity index (χ4n) is 4.91. The van der Waals surface area contributed by atoms with Crippen LogP contribution in [0, 0.1) is 5.41 Å². The number of benzene rings is 1. The number of imidazole rings is 1. The van der Waals surface area contributed by atoms with Gasteiger partial charge in [0, 0.05) is 29.4 Å². The molecular weight excluding hydrogens is 308 g/mol. The van der Waals surface area contributed by atoms with Crippen molar-refractivity contribution in [1.29, 1.82) is 0 Å². The molecule has 128 valence electrons.